The summed E-state index contributed by atoms with van der Waals surface area (Å²) >= 11 is 1.33. The van der Waals surface area contributed by atoms with E-state index in [0.717, 1.165) is 0 Å². The third-order valence-corrected chi connectivity index (χ3v) is 3.27. The van der Waals surface area contributed by atoms with E-state index >= 15 is 0 Å². The van der Waals surface area contributed by atoms with Crippen molar-refractivity contribution in [3.63, 3.8) is 0 Å². The summed E-state index contributed by atoms with van der Waals surface area (Å²) in [6.07, 6.45) is 2.96. The molecule has 3 rings (SSSR count). The number of halogens is 1. The first-order valence-corrected chi connectivity index (χ1v) is 6.37. The molecule has 1 N–H and O–H groups in total. The number of nitrogens with zero attached hydrogens (tertiary/aromatic N) is 2. The molecule has 3 aromatic rings. The van der Waals surface area contributed by atoms with Crippen molar-refractivity contribution in [2.45, 2.75) is 0 Å². The van der Waals surface area contributed by atoms with E-state index in [1.165, 1.54) is 23.6 Å². The molecule has 94 valence electrons. The summed E-state index contributed by atoms with van der Waals surface area (Å²) < 4.78 is 13.5. The lowest BCUT2D eigenvalue weighted by atomic mass is 10.1. The molecule has 0 aliphatic rings. The Kier molecular flexibility index (Phi) is 2.92. The van der Waals surface area contributed by atoms with E-state index in [0.29, 0.717) is 16.1 Å². The van der Waals surface area contributed by atoms with Crippen LogP contribution in [-0.4, -0.2) is 15.9 Å². The molecule has 0 saturated carbocycles. The zero-order valence-electron chi connectivity index (χ0n) is 9.63. The molecular formula is C13H8FN3OS. The molecule has 1 amide bonds. The van der Waals surface area contributed by atoms with E-state index in [-0.39, 0.29) is 11.4 Å². The van der Waals surface area contributed by atoms with Crippen LogP contribution in [0, 0.1) is 5.82 Å². The van der Waals surface area contributed by atoms with Crippen molar-refractivity contribution in [1.29, 1.82) is 0 Å². The zero-order chi connectivity index (χ0) is 13.2. The fourth-order valence-electron chi connectivity index (χ4n) is 1.70. The number of nitrogens with one attached hydrogen (secondary N) is 1. The van der Waals surface area contributed by atoms with Crippen molar-refractivity contribution in [3.05, 3.63) is 53.4 Å². The first kappa shape index (κ1) is 11.7. The van der Waals surface area contributed by atoms with Crippen molar-refractivity contribution in [2.24, 2.45) is 0 Å². The van der Waals surface area contributed by atoms with Crippen LogP contribution < -0.4 is 5.32 Å². The topological polar surface area (TPSA) is 54.9 Å². The number of carbonyl (C=O) groups is 1. The minimum Gasteiger partial charge on any atom is -0.298 e. The summed E-state index contributed by atoms with van der Waals surface area (Å²) in [7, 11) is 0. The Hall–Kier alpha value is -2.34. The average molecular weight is 273 g/mol. The molecule has 0 atom stereocenters. The first-order valence-electron chi connectivity index (χ1n) is 5.49. The van der Waals surface area contributed by atoms with Gasteiger partial charge in [-0.2, -0.15) is 0 Å². The van der Waals surface area contributed by atoms with Gasteiger partial charge in [-0.3, -0.25) is 15.1 Å². The number of thiazole rings is 1. The molecule has 2 heterocycles. The lowest BCUT2D eigenvalue weighted by Gasteiger charge is -2.03. The molecule has 0 spiro atoms. The normalized spacial score (nSPS) is 10.6. The molecule has 4 nitrogen and oxygen atoms in total. The molecule has 0 saturated heterocycles. The highest BCUT2D eigenvalue weighted by molar-refractivity contribution is 7.13. The number of para-hydroxylation sites is 1. The first-order chi connectivity index (χ1) is 9.24. The van der Waals surface area contributed by atoms with Gasteiger partial charge in [0.05, 0.1) is 5.56 Å². The predicted octanol–water partition coefficient (Wildman–Crippen LogP) is 3.08. The molecule has 0 radical (unpaired) electrons. The second-order valence-corrected chi connectivity index (χ2v) is 4.72. The maximum absolute atomic E-state index is 13.5. The van der Waals surface area contributed by atoms with E-state index in [2.05, 4.69) is 15.3 Å². The van der Waals surface area contributed by atoms with Gasteiger partial charge in [-0.1, -0.05) is 12.1 Å². The number of aromatic nitrogens is 2. The van der Waals surface area contributed by atoms with Crippen LogP contribution in [0.2, 0.25) is 0 Å². The van der Waals surface area contributed by atoms with Crippen LogP contribution in [0.1, 0.15) is 10.4 Å². The smallest absolute Gasteiger partial charge is 0.259 e. The monoisotopic (exact) mass is 273 g/mol. The van der Waals surface area contributed by atoms with Gasteiger partial charge in [-0.15, -0.1) is 11.3 Å². The van der Waals surface area contributed by atoms with Crippen molar-refractivity contribution < 1.29 is 9.18 Å². The summed E-state index contributed by atoms with van der Waals surface area (Å²) in [5, 5.41) is 5.53. The van der Waals surface area contributed by atoms with Crippen LogP contribution in [0.25, 0.3) is 10.9 Å². The molecule has 1 aromatic carbocycles. The number of carbonyl (C=O) groups excluding carboxylic acids is 1. The van der Waals surface area contributed by atoms with Gasteiger partial charge < -0.3 is 0 Å². The molecule has 19 heavy (non-hydrogen) atoms. The standard InChI is InChI=1S/C13H8FN3OS/c14-10-3-1-2-8-6-9(7-16-11(8)10)12(18)17-13-15-4-5-19-13/h1-7H,(H,15,17,18). The summed E-state index contributed by atoms with van der Waals surface area (Å²) in [6.45, 7) is 0. The van der Waals surface area contributed by atoms with Gasteiger partial charge in [-0.05, 0) is 12.1 Å². The maximum Gasteiger partial charge on any atom is 0.259 e. The van der Waals surface area contributed by atoms with Gasteiger partial charge in [0.25, 0.3) is 5.91 Å². The quantitative estimate of drug-likeness (QED) is 0.780. The van der Waals surface area contributed by atoms with Crippen LogP contribution in [0.5, 0.6) is 0 Å². The predicted molar refractivity (Wildman–Crippen MR) is 71.8 cm³/mol. The number of rotatable bonds is 2. The van der Waals surface area contributed by atoms with Crippen molar-refractivity contribution in [3.8, 4) is 0 Å². The molecule has 0 unspecified atom stereocenters. The van der Waals surface area contributed by atoms with Crippen LogP contribution in [0.4, 0.5) is 9.52 Å². The third-order valence-electron chi connectivity index (χ3n) is 2.58. The van der Waals surface area contributed by atoms with Crippen molar-refractivity contribution in [2.75, 3.05) is 5.32 Å². The Labute approximate surface area is 111 Å². The third kappa shape index (κ3) is 2.30. The van der Waals surface area contributed by atoms with Crippen molar-refractivity contribution >= 4 is 33.3 Å². The molecule has 6 heteroatoms. The minimum absolute atomic E-state index is 0.258. The fourth-order valence-corrected chi connectivity index (χ4v) is 2.23. The Morgan fingerprint density at radius 1 is 1.32 bits per heavy atom. The number of benzene rings is 1. The molecular weight excluding hydrogens is 265 g/mol. The molecule has 0 fully saturated rings. The van der Waals surface area contributed by atoms with Gasteiger partial charge in [0.15, 0.2) is 5.13 Å². The summed E-state index contributed by atoms with van der Waals surface area (Å²) in [6, 6.07) is 6.24. The van der Waals surface area contributed by atoms with Gasteiger partial charge in [-0.25, -0.2) is 9.37 Å². The number of anilines is 1. The molecule has 0 aliphatic carbocycles. The average Bonchev–Trinajstić information content (AvgIpc) is 2.91. The Bertz CT molecular complexity index is 743. The van der Waals surface area contributed by atoms with Crippen LogP contribution in [0.3, 0.4) is 0 Å². The summed E-state index contributed by atoms with van der Waals surface area (Å²) in [4.78, 5) is 19.9. The lowest BCUT2D eigenvalue weighted by Crippen LogP contribution is -2.12. The van der Waals surface area contributed by atoms with E-state index in [9.17, 15) is 9.18 Å². The van der Waals surface area contributed by atoms with E-state index in [1.54, 1.807) is 29.8 Å². The van der Waals surface area contributed by atoms with E-state index < -0.39 is 5.82 Å². The van der Waals surface area contributed by atoms with Gasteiger partial charge in [0.2, 0.25) is 0 Å². The van der Waals surface area contributed by atoms with Crippen LogP contribution in [-0.2, 0) is 0 Å². The highest BCUT2D eigenvalue weighted by Gasteiger charge is 2.10. The highest BCUT2D eigenvalue weighted by atomic mass is 32.1. The summed E-state index contributed by atoms with van der Waals surface area (Å²) in [5.74, 6) is -0.710. The van der Waals surface area contributed by atoms with Gasteiger partial charge in [0, 0.05) is 23.2 Å². The van der Waals surface area contributed by atoms with Gasteiger partial charge in [0.1, 0.15) is 11.3 Å². The number of pyridine rings is 1. The number of fused-ring (bicyclic) bond motifs is 1. The lowest BCUT2D eigenvalue weighted by molar-refractivity contribution is 0.102. The second-order valence-electron chi connectivity index (χ2n) is 3.83. The number of amides is 1. The Morgan fingerprint density at radius 3 is 3.00 bits per heavy atom. The second kappa shape index (κ2) is 4.74. The SMILES string of the molecule is O=C(Nc1nccs1)c1cnc2c(F)cccc2c1. The summed E-state index contributed by atoms with van der Waals surface area (Å²) in [5.41, 5.74) is 0.626. The highest BCUT2D eigenvalue weighted by Crippen LogP contribution is 2.18. The molecule has 2 aromatic heterocycles. The van der Waals surface area contributed by atoms with Crippen molar-refractivity contribution in [1.82, 2.24) is 9.97 Å². The van der Waals surface area contributed by atoms with Gasteiger partial charge >= 0.3 is 0 Å². The fraction of sp³-hybridized carbons (Fsp3) is 0. The maximum atomic E-state index is 13.5. The number of hydrogen-bond donors (Lipinski definition) is 1. The van der Waals surface area contributed by atoms with Crippen LogP contribution >= 0.6 is 11.3 Å². The van der Waals surface area contributed by atoms with E-state index in [4.69, 9.17) is 0 Å². The largest absolute Gasteiger partial charge is 0.298 e. The molecule has 0 aliphatic heterocycles. The Balaban J connectivity index is 1.95. The zero-order valence-corrected chi connectivity index (χ0v) is 10.4. The van der Waals surface area contributed by atoms with E-state index in [1.807, 2.05) is 0 Å². The minimum atomic E-state index is -0.399. The Morgan fingerprint density at radius 2 is 2.21 bits per heavy atom. The molecule has 0 bridgehead atoms. The van der Waals surface area contributed by atoms with Crippen LogP contribution in [0.15, 0.2) is 42.0 Å². The number of hydrogen-bond acceptors (Lipinski definition) is 4.